The molecule has 1 atom stereocenters. The summed E-state index contributed by atoms with van der Waals surface area (Å²) in [5.41, 5.74) is 0. The largest absolute Gasteiger partial charge is 0.297 e. The highest BCUT2D eigenvalue weighted by Gasteiger charge is 1.83. The molecule has 0 aromatic heterocycles. The summed E-state index contributed by atoms with van der Waals surface area (Å²) in [7, 11) is -1.75. The summed E-state index contributed by atoms with van der Waals surface area (Å²) in [6, 6.07) is 0. The molecule has 0 saturated heterocycles. The minimum atomic E-state index is -1.75. The van der Waals surface area contributed by atoms with Gasteiger partial charge in [-0.3, -0.25) is 4.57 Å². The van der Waals surface area contributed by atoms with Gasteiger partial charge in [0.25, 0.3) is 0 Å². The summed E-state index contributed by atoms with van der Waals surface area (Å²) < 4.78 is 14.2. The second-order valence-electron chi connectivity index (χ2n) is 1.36. The Balaban J connectivity index is 2.81. The van der Waals surface area contributed by atoms with E-state index in [0.717, 1.165) is 0 Å². The van der Waals surface area contributed by atoms with E-state index in [1.807, 2.05) is 0 Å². The van der Waals surface area contributed by atoms with Gasteiger partial charge in [-0.15, -0.1) is 0 Å². The van der Waals surface area contributed by atoms with Crippen LogP contribution in [0.1, 0.15) is 0 Å². The predicted molar refractivity (Wildman–Crippen MR) is 35.8 cm³/mol. The number of hydrogen-bond donors (Lipinski definition) is 0. The Labute approximate surface area is 48.5 Å². The summed E-state index contributed by atoms with van der Waals surface area (Å²) in [5.74, 6) is 1.60. The Morgan fingerprint density at radius 3 is 3.00 bits per heavy atom. The topological polar surface area (TPSA) is 29.4 Å². The highest BCUT2D eigenvalue weighted by molar-refractivity contribution is 7.46. The zero-order valence-corrected chi connectivity index (χ0v) is 5.24. The van der Waals surface area contributed by atoms with Crippen molar-refractivity contribution in [3.05, 3.63) is 24.0 Å². The summed E-state index contributed by atoms with van der Waals surface area (Å²) in [6.07, 6.45) is 6.86. The number of nitrogens with zero attached hydrogens (tertiary/aromatic N) is 1. The molecule has 0 bridgehead atoms. The van der Waals surface area contributed by atoms with Crippen molar-refractivity contribution in [2.45, 2.75) is 0 Å². The summed E-state index contributed by atoms with van der Waals surface area (Å²) in [4.78, 5) is 0. The van der Waals surface area contributed by atoms with Crippen LogP contribution in [0.4, 0.5) is 0 Å². The second kappa shape index (κ2) is 2.63. The van der Waals surface area contributed by atoms with Gasteiger partial charge in [0.1, 0.15) is 0 Å². The van der Waals surface area contributed by atoms with Gasteiger partial charge in [-0.05, 0) is 11.9 Å². The quantitative estimate of drug-likeness (QED) is 0.454. The molecule has 0 amide bonds. The maximum atomic E-state index is 10.5. The van der Waals surface area contributed by atoms with Crippen molar-refractivity contribution in [3.63, 3.8) is 0 Å². The highest BCUT2D eigenvalue weighted by Crippen LogP contribution is 2.23. The van der Waals surface area contributed by atoms with Crippen LogP contribution in [0.25, 0.3) is 0 Å². The lowest BCUT2D eigenvalue weighted by atomic mass is 10.5. The first-order chi connectivity index (χ1) is 3.89. The third-order valence-corrected chi connectivity index (χ3v) is 1.63. The molecule has 0 spiro atoms. The Hall–Kier alpha value is -0.620. The van der Waals surface area contributed by atoms with Crippen LogP contribution in [0.15, 0.2) is 28.8 Å². The standard InChI is InChI=1S/C5H6NOP/c7-8-5-3-1-2-4-6-8/h1-5,8H. The van der Waals surface area contributed by atoms with E-state index in [4.69, 9.17) is 0 Å². The molecule has 2 nitrogen and oxygen atoms in total. The van der Waals surface area contributed by atoms with Crippen LogP contribution in [0.2, 0.25) is 0 Å². The fourth-order valence-corrected chi connectivity index (χ4v) is 1.01. The lowest BCUT2D eigenvalue weighted by molar-refractivity contribution is 0.594. The molecule has 1 rings (SSSR count). The van der Waals surface area contributed by atoms with Gasteiger partial charge in [-0.2, -0.15) is 0 Å². The smallest absolute Gasteiger partial charge is 0.200 e. The molecule has 1 unspecified atom stereocenters. The number of hydrogen-bond acceptors (Lipinski definition) is 1. The average molecular weight is 127 g/mol. The van der Waals surface area contributed by atoms with Crippen molar-refractivity contribution >= 4 is 14.2 Å². The first kappa shape index (κ1) is 5.52. The lowest BCUT2D eigenvalue weighted by Gasteiger charge is -1.75. The first-order valence-corrected chi connectivity index (χ1v) is 3.74. The van der Waals surface area contributed by atoms with E-state index in [-0.39, 0.29) is 0 Å². The van der Waals surface area contributed by atoms with Gasteiger partial charge in [0.2, 0.25) is 0 Å². The molecule has 0 saturated carbocycles. The maximum Gasteiger partial charge on any atom is 0.200 e. The van der Waals surface area contributed by atoms with E-state index in [2.05, 4.69) is 4.76 Å². The zero-order valence-electron chi connectivity index (χ0n) is 4.24. The van der Waals surface area contributed by atoms with Crippen LogP contribution in [0.5, 0.6) is 0 Å². The molecule has 1 aliphatic heterocycles. The van der Waals surface area contributed by atoms with Crippen LogP contribution in [-0.4, -0.2) is 6.21 Å². The Morgan fingerprint density at radius 1 is 1.25 bits per heavy atom. The predicted octanol–water partition coefficient (Wildman–Crippen LogP) is 1.62. The van der Waals surface area contributed by atoms with Crippen LogP contribution < -0.4 is 0 Å². The molecule has 1 heterocycles. The monoisotopic (exact) mass is 127 g/mol. The van der Waals surface area contributed by atoms with Crippen LogP contribution in [-0.2, 0) is 4.57 Å². The molecule has 0 aromatic rings. The molecule has 0 radical (unpaired) electrons. The van der Waals surface area contributed by atoms with E-state index in [9.17, 15) is 4.57 Å². The molecule has 0 N–H and O–H groups in total. The fourth-order valence-electron chi connectivity index (χ4n) is 0.411. The molecule has 42 valence electrons. The van der Waals surface area contributed by atoms with Crippen molar-refractivity contribution in [2.24, 2.45) is 4.76 Å². The fraction of sp³-hybridized carbons (Fsp3) is 0. The van der Waals surface area contributed by atoms with Gasteiger partial charge in [-0.25, -0.2) is 4.76 Å². The lowest BCUT2D eigenvalue weighted by Crippen LogP contribution is -1.52. The van der Waals surface area contributed by atoms with Crippen molar-refractivity contribution in [1.29, 1.82) is 0 Å². The Morgan fingerprint density at radius 2 is 2.12 bits per heavy atom. The van der Waals surface area contributed by atoms with Crippen molar-refractivity contribution in [2.75, 3.05) is 0 Å². The van der Waals surface area contributed by atoms with E-state index >= 15 is 0 Å². The highest BCUT2D eigenvalue weighted by atomic mass is 31.1. The summed E-state index contributed by atoms with van der Waals surface area (Å²) in [5, 5.41) is 0. The molecular weight excluding hydrogens is 121 g/mol. The van der Waals surface area contributed by atoms with E-state index in [0.29, 0.717) is 0 Å². The van der Waals surface area contributed by atoms with Crippen molar-refractivity contribution in [3.8, 4) is 0 Å². The Kier molecular flexibility index (Phi) is 1.81. The molecule has 3 heteroatoms. The van der Waals surface area contributed by atoms with Crippen molar-refractivity contribution in [1.82, 2.24) is 0 Å². The molecule has 1 aliphatic rings. The minimum Gasteiger partial charge on any atom is -0.297 e. The average Bonchev–Trinajstić information content (AvgIpc) is 1.94. The third-order valence-electron chi connectivity index (χ3n) is 0.749. The van der Waals surface area contributed by atoms with E-state index in [1.54, 1.807) is 30.3 Å². The zero-order chi connectivity index (χ0) is 5.82. The normalized spacial score (nSPS) is 25.8. The van der Waals surface area contributed by atoms with Crippen LogP contribution in [0, 0.1) is 0 Å². The molecule has 0 aliphatic carbocycles. The van der Waals surface area contributed by atoms with Gasteiger partial charge in [-0.1, -0.05) is 12.2 Å². The SMILES string of the molecule is O=[PH]1C=CC=CC=N1. The van der Waals surface area contributed by atoms with Gasteiger partial charge >= 0.3 is 0 Å². The number of rotatable bonds is 0. The van der Waals surface area contributed by atoms with E-state index < -0.39 is 7.95 Å². The minimum absolute atomic E-state index is 1.56. The Bertz CT molecular complexity index is 163. The molecule has 0 fully saturated rings. The molecule has 8 heavy (non-hydrogen) atoms. The van der Waals surface area contributed by atoms with Crippen molar-refractivity contribution < 1.29 is 4.57 Å². The number of allylic oxidation sites excluding steroid dienone is 3. The second-order valence-corrected chi connectivity index (χ2v) is 2.63. The van der Waals surface area contributed by atoms with Gasteiger partial charge in [0.15, 0.2) is 7.95 Å². The molecular formula is C5H6NOP. The van der Waals surface area contributed by atoms with Crippen LogP contribution in [0.3, 0.4) is 0 Å². The summed E-state index contributed by atoms with van der Waals surface area (Å²) >= 11 is 0. The third kappa shape index (κ3) is 1.47. The van der Waals surface area contributed by atoms with Gasteiger partial charge < -0.3 is 0 Å². The maximum absolute atomic E-state index is 10.5. The van der Waals surface area contributed by atoms with Crippen LogP contribution >= 0.6 is 7.95 Å². The molecule has 0 aromatic carbocycles. The van der Waals surface area contributed by atoms with Gasteiger partial charge in [0, 0.05) is 6.21 Å². The summed E-state index contributed by atoms with van der Waals surface area (Å²) in [6.45, 7) is 0. The first-order valence-electron chi connectivity index (χ1n) is 2.31. The van der Waals surface area contributed by atoms with Gasteiger partial charge in [0.05, 0.1) is 0 Å². The van der Waals surface area contributed by atoms with E-state index in [1.165, 1.54) is 0 Å².